The molecule has 0 bridgehead atoms. The molecule has 0 saturated carbocycles. The first-order chi connectivity index (χ1) is 9.72. The number of aliphatic hydroxyl groups excluding tert-OH is 2. The van der Waals surface area contributed by atoms with Crippen LogP contribution in [-0.4, -0.2) is 28.7 Å². The first-order valence-electron chi connectivity index (χ1n) is 8.54. The van der Waals surface area contributed by atoms with E-state index in [0.717, 1.165) is 12.8 Å². The molecule has 20 heavy (non-hydrogen) atoms. The van der Waals surface area contributed by atoms with Crippen LogP contribution < -0.4 is 0 Å². The van der Waals surface area contributed by atoms with Crippen molar-refractivity contribution in [2.75, 3.05) is 6.61 Å². The summed E-state index contributed by atoms with van der Waals surface area (Å²) in [5.74, 6) is -0.223. The third-order valence-corrected chi connectivity index (χ3v) is 3.81. The third kappa shape index (κ3) is 12.6. The molecule has 0 saturated heterocycles. The first kappa shape index (κ1) is 19.6. The number of hydrogen-bond acceptors (Lipinski definition) is 3. The third-order valence-electron chi connectivity index (χ3n) is 3.81. The number of carbonyl (C=O) groups excluding carboxylic acids is 1. The van der Waals surface area contributed by atoms with Crippen molar-refractivity contribution in [1.29, 1.82) is 0 Å². The van der Waals surface area contributed by atoms with Crippen molar-refractivity contribution in [1.82, 2.24) is 0 Å². The fourth-order valence-electron chi connectivity index (χ4n) is 2.44. The smallest absolute Gasteiger partial charge is 0.163 e. The topological polar surface area (TPSA) is 57.5 Å². The van der Waals surface area contributed by atoms with Crippen LogP contribution in [0.3, 0.4) is 0 Å². The number of ketones is 1. The van der Waals surface area contributed by atoms with E-state index in [4.69, 9.17) is 5.11 Å². The summed E-state index contributed by atoms with van der Waals surface area (Å²) in [4.78, 5) is 11.2. The van der Waals surface area contributed by atoms with Crippen molar-refractivity contribution in [3.05, 3.63) is 0 Å². The van der Waals surface area contributed by atoms with Gasteiger partial charge < -0.3 is 10.2 Å². The molecule has 0 amide bonds. The minimum absolute atomic E-state index is 0.0825. The van der Waals surface area contributed by atoms with E-state index < -0.39 is 6.10 Å². The lowest BCUT2D eigenvalue weighted by molar-refractivity contribution is -0.128. The summed E-state index contributed by atoms with van der Waals surface area (Å²) >= 11 is 0. The number of unbranched alkanes of at least 4 members (excludes halogenated alkanes) is 10. The van der Waals surface area contributed by atoms with Crippen LogP contribution in [0.5, 0.6) is 0 Å². The average Bonchev–Trinajstić information content (AvgIpc) is 2.44. The average molecular weight is 286 g/mol. The monoisotopic (exact) mass is 286 g/mol. The van der Waals surface area contributed by atoms with Gasteiger partial charge in [0, 0.05) is 6.42 Å². The normalized spacial score (nSPS) is 12.6. The molecular formula is C17H34O3. The van der Waals surface area contributed by atoms with E-state index in [2.05, 4.69) is 6.92 Å². The zero-order chi connectivity index (χ0) is 15.1. The Kier molecular flexibility index (Phi) is 14.7. The Labute approximate surface area is 124 Å². The maximum Gasteiger partial charge on any atom is 0.163 e. The predicted molar refractivity (Wildman–Crippen MR) is 83.8 cm³/mol. The highest BCUT2D eigenvalue weighted by Gasteiger charge is 2.13. The van der Waals surface area contributed by atoms with Gasteiger partial charge in [0.05, 0.1) is 6.61 Å². The van der Waals surface area contributed by atoms with Crippen LogP contribution in [0.4, 0.5) is 0 Å². The highest BCUT2D eigenvalue weighted by molar-refractivity contribution is 5.82. The second-order valence-electron chi connectivity index (χ2n) is 5.78. The summed E-state index contributed by atoms with van der Waals surface area (Å²) in [6, 6.07) is 0. The summed E-state index contributed by atoms with van der Waals surface area (Å²) in [6.07, 6.45) is 13.7. The van der Waals surface area contributed by atoms with Crippen molar-refractivity contribution in [2.24, 2.45) is 0 Å². The van der Waals surface area contributed by atoms with E-state index in [-0.39, 0.29) is 18.8 Å². The van der Waals surface area contributed by atoms with E-state index in [1.807, 2.05) is 0 Å². The second-order valence-corrected chi connectivity index (χ2v) is 5.78. The number of hydrogen-bond donors (Lipinski definition) is 2. The van der Waals surface area contributed by atoms with Crippen LogP contribution in [-0.2, 0) is 4.79 Å². The lowest BCUT2D eigenvalue weighted by Gasteiger charge is -2.08. The Morgan fingerprint density at radius 2 is 1.30 bits per heavy atom. The quantitative estimate of drug-likeness (QED) is 0.447. The van der Waals surface area contributed by atoms with Crippen molar-refractivity contribution < 1.29 is 15.0 Å². The highest BCUT2D eigenvalue weighted by atomic mass is 16.3. The molecule has 0 aliphatic carbocycles. The minimum atomic E-state index is -0.860. The molecule has 0 rings (SSSR count). The van der Waals surface area contributed by atoms with Gasteiger partial charge >= 0.3 is 0 Å². The first-order valence-corrected chi connectivity index (χ1v) is 8.54. The van der Waals surface area contributed by atoms with Gasteiger partial charge in [-0.2, -0.15) is 0 Å². The van der Waals surface area contributed by atoms with Gasteiger partial charge in [0.1, 0.15) is 6.10 Å². The Morgan fingerprint density at radius 3 is 1.75 bits per heavy atom. The Morgan fingerprint density at radius 1 is 0.850 bits per heavy atom. The van der Waals surface area contributed by atoms with E-state index in [9.17, 15) is 9.90 Å². The number of rotatable bonds is 15. The molecule has 3 nitrogen and oxygen atoms in total. The van der Waals surface area contributed by atoms with Crippen molar-refractivity contribution in [3.63, 3.8) is 0 Å². The van der Waals surface area contributed by atoms with Gasteiger partial charge in [-0.05, 0) is 6.42 Å². The van der Waals surface area contributed by atoms with Crippen LogP contribution in [0.15, 0.2) is 0 Å². The van der Waals surface area contributed by atoms with Gasteiger partial charge in [-0.3, -0.25) is 4.79 Å². The minimum Gasteiger partial charge on any atom is -0.396 e. The van der Waals surface area contributed by atoms with Gasteiger partial charge in [0.25, 0.3) is 0 Å². The van der Waals surface area contributed by atoms with E-state index in [1.165, 1.54) is 57.8 Å². The van der Waals surface area contributed by atoms with Gasteiger partial charge in [-0.15, -0.1) is 0 Å². The SMILES string of the molecule is CCCCCCCCCCCCCC(O)C(=O)CCO. The van der Waals surface area contributed by atoms with Crippen LogP contribution in [0.2, 0.25) is 0 Å². The van der Waals surface area contributed by atoms with Crippen molar-refractivity contribution in [2.45, 2.75) is 96.5 Å². The zero-order valence-corrected chi connectivity index (χ0v) is 13.3. The molecule has 0 fully saturated rings. The van der Waals surface area contributed by atoms with E-state index in [0.29, 0.717) is 6.42 Å². The summed E-state index contributed by atoms with van der Waals surface area (Å²) in [7, 11) is 0. The molecule has 120 valence electrons. The molecule has 2 N–H and O–H groups in total. The summed E-state index contributed by atoms with van der Waals surface area (Å²) in [6.45, 7) is 2.09. The number of aliphatic hydroxyl groups is 2. The fourth-order valence-corrected chi connectivity index (χ4v) is 2.44. The lowest BCUT2D eigenvalue weighted by Crippen LogP contribution is -2.20. The molecule has 0 aromatic rings. The van der Waals surface area contributed by atoms with Crippen molar-refractivity contribution in [3.8, 4) is 0 Å². The standard InChI is InChI=1S/C17H34O3/c1-2-3-4-5-6-7-8-9-10-11-12-13-16(19)17(20)14-15-18/h16,18-19H,2-15H2,1H3. The summed E-state index contributed by atoms with van der Waals surface area (Å²) in [5, 5.41) is 18.1. The number of Topliss-reactive ketones (excluding diaryl/α,β-unsaturated/α-hetero) is 1. The van der Waals surface area contributed by atoms with Crippen molar-refractivity contribution >= 4 is 5.78 Å². The van der Waals surface area contributed by atoms with Crippen LogP contribution in [0, 0.1) is 0 Å². The van der Waals surface area contributed by atoms with Crippen LogP contribution >= 0.6 is 0 Å². The Balaban J connectivity index is 3.18. The molecule has 0 aromatic heterocycles. The number of carbonyl (C=O) groups is 1. The summed E-state index contributed by atoms with van der Waals surface area (Å²) < 4.78 is 0. The van der Waals surface area contributed by atoms with Crippen LogP contribution in [0.1, 0.15) is 90.4 Å². The maximum atomic E-state index is 11.2. The molecule has 1 unspecified atom stereocenters. The van der Waals surface area contributed by atoms with Gasteiger partial charge in [0.2, 0.25) is 0 Å². The van der Waals surface area contributed by atoms with Gasteiger partial charge in [0.15, 0.2) is 5.78 Å². The molecule has 0 heterocycles. The van der Waals surface area contributed by atoms with E-state index in [1.54, 1.807) is 0 Å². The molecule has 0 spiro atoms. The van der Waals surface area contributed by atoms with Crippen LogP contribution in [0.25, 0.3) is 0 Å². The maximum absolute atomic E-state index is 11.2. The largest absolute Gasteiger partial charge is 0.396 e. The summed E-state index contributed by atoms with van der Waals surface area (Å²) in [5.41, 5.74) is 0. The predicted octanol–water partition coefficient (Wildman–Crippen LogP) is 4.00. The Bertz CT molecular complexity index is 216. The molecule has 1 atom stereocenters. The molecule has 3 heteroatoms. The van der Waals surface area contributed by atoms with Gasteiger partial charge in [-0.25, -0.2) is 0 Å². The molecule has 0 radical (unpaired) electrons. The fraction of sp³-hybridized carbons (Fsp3) is 0.941. The lowest BCUT2D eigenvalue weighted by atomic mass is 10.0. The molecule has 0 aliphatic rings. The Hall–Kier alpha value is -0.410. The molecular weight excluding hydrogens is 252 g/mol. The van der Waals surface area contributed by atoms with Gasteiger partial charge in [-0.1, -0.05) is 77.6 Å². The zero-order valence-electron chi connectivity index (χ0n) is 13.3. The molecule has 0 aliphatic heterocycles. The highest BCUT2D eigenvalue weighted by Crippen LogP contribution is 2.12. The second kappa shape index (κ2) is 15.0. The molecule has 0 aromatic carbocycles. The van der Waals surface area contributed by atoms with E-state index >= 15 is 0 Å².